The maximum atomic E-state index is 10.9. The Morgan fingerprint density at radius 2 is 2.06 bits per heavy atom. The minimum absolute atomic E-state index is 0.349. The van der Waals surface area contributed by atoms with Gasteiger partial charge >= 0.3 is 0 Å². The molecule has 0 saturated heterocycles. The van der Waals surface area contributed by atoms with E-state index in [2.05, 4.69) is 5.32 Å². The molecule has 6 heteroatoms. The van der Waals surface area contributed by atoms with Crippen LogP contribution in [0.5, 0.6) is 0 Å². The van der Waals surface area contributed by atoms with Gasteiger partial charge in [-0.05, 0) is 24.6 Å². The summed E-state index contributed by atoms with van der Waals surface area (Å²) >= 11 is 5.97. The van der Waals surface area contributed by atoms with Gasteiger partial charge in [-0.15, -0.1) is 0 Å². The Kier molecular flexibility index (Phi) is 4.48. The smallest absolute Gasteiger partial charge is 0.248 e. The molecule has 0 radical (unpaired) electrons. The fraction of sp³-hybridized carbons (Fsp3) is 0.273. The fourth-order valence-electron chi connectivity index (χ4n) is 1.21. The van der Waals surface area contributed by atoms with Crippen LogP contribution in [0.3, 0.4) is 0 Å². The monoisotopic (exact) mass is 255 g/mol. The van der Waals surface area contributed by atoms with E-state index < -0.39 is 17.9 Å². The lowest BCUT2D eigenvalue weighted by Gasteiger charge is -2.11. The molecule has 92 valence electrons. The van der Waals surface area contributed by atoms with Crippen LogP contribution in [0.2, 0.25) is 5.02 Å². The molecule has 0 aliphatic rings. The third-order valence-corrected chi connectivity index (χ3v) is 2.71. The van der Waals surface area contributed by atoms with E-state index >= 15 is 0 Å². The highest BCUT2D eigenvalue weighted by atomic mass is 35.5. The normalized spacial score (nSPS) is 12.1. The van der Waals surface area contributed by atoms with Crippen LogP contribution in [0.1, 0.15) is 22.8 Å². The Labute approximate surface area is 104 Å². The zero-order valence-electron chi connectivity index (χ0n) is 9.37. The molecule has 0 aromatic heterocycles. The summed E-state index contributed by atoms with van der Waals surface area (Å²) in [5, 5.41) is 3.33. The van der Waals surface area contributed by atoms with E-state index in [-0.39, 0.29) is 0 Å². The SMILES string of the molecule is CC(NCc1ccc(C(N)=O)cc1Cl)C(N)=O. The molecule has 2 amide bonds. The van der Waals surface area contributed by atoms with Crippen molar-refractivity contribution in [2.75, 3.05) is 0 Å². The van der Waals surface area contributed by atoms with Crippen molar-refractivity contribution in [1.82, 2.24) is 5.32 Å². The quantitative estimate of drug-likeness (QED) is 0.710. The lowest BCUT2D eigenvalue weighted by Crippen LogP contribution is -2.38. The molecular formula is C11H14ClN3O2. The number of halogens is 1. The summed E-state index contributed by atoms with van der Waals surface area (Å²) in [6.45, 7) is 2.05. The van der Waals surface area contributed by atoms with Crippen molar-refractivity contribution in [2.45, 2.75) is 19.5 Å². The number of rotatable bonds is 5. The van der Waals surface area contributed by atoms with Crippen molar-refractivity contribution in [1.29, 1.82) is 0 Å². The van der Waals surface area contributed by atoms with Crippen LogP contribution in [0.15, 0.2) is 18.2 Å². The highest BCUT2D eigenvalue weighted by Crippen LogP contribution is 2.17. The van der Waals surface area contributed by atoms with Crippen LogP contribution in [0.25, 0.3) is 0 Å². The van der Waals surface area contributed by atoms with E-state index in [1.165, 1.54) is 6.07 Å². The molecule has 0 saturated carbocycles. The number of primary amides is 2. The number of nitrogens with one attached hydrogen (secondary N) is 1. The van der Waals surface area contributed by atoms with Crippen LogP contribution in [0, 0.1) is 0 Å². The van der Waals surface area contributed by atoms with E-state index in [1.807, 2.05) is 0 Å². The molecule has 0 aliphatic carbocycles. The van der Waals surface area contributed by atoms with Gasteiger partial charge in [-0.2, -0.15) is 0 Å². The number of nitrogens with two attached hydrogens (primary N) is 2. The first-order valence-electron chi connectivity index (χ1n) is 5.02. The van der Waals surface area contributed by atoms with Crippen molar-refractivity contribution in [3.63, 3.8) is 0 Å². The van der Waals surface area contributed by atoms with Crippen LogP contribution in [-0.2, 0) is 11.3 Å². The molecule has 1 rings (SSSR count). The van der Waals surface area contributed by atoms with Gasteiger partial charge in [0.05, 0.1) is 6.04 Å². The van der Waals surface area contributed by atoms with Crippen LogP contribution < -0.4 is 16.8 Å². The minimum atomic E-state index is -0.531. The Morgan fingerprint density at radius 3 is 2.53 bits per heavy atom. The van der Waals surface area contributed by atoms with Gasteiger partial charge in [0, 0.05) is 17.1 Å². The number of hydrogen-bond acceptors (Lipinski definition) is 3. The first-order chi connectivity index (χ1) is 7.91. The van der Waals surface area contributed by atoms with Gasteiger partial charge in [-0.25, -0.2) is 0 Å². The Balaban J connectivity index is 2.73. The Hall–Kier alpha value is -1.59. The standard InChI is InChI=1S/C11H14ClN3O2/c1-6(10(13)16)15-5-8-3-2-7(11(14)17)4-9(8)12/h2-4,6,15H,5H2,1H3,(H2,13,16)(H2,14,17). The highest BCUT2D eigenvalue weighted by Gasteiger charge is 2.10. The Bertz CT molecular complexity index is 448. The zero-order valence-corrected chi connectivity index (χ0v) is 10.1. The number of carbonyl (C=O) groups excluding carboxylic acids is 2. The third-order valence-electron chi connectivity index (χ3n) is 2.36. The highest BCUT2D eigenvalue weighted by molar-refractivity contribution is 6.31. The van der Waals surface area contributed by atoms with Crippen molar-refractivity contribution >= 4 is 23.4 Å². The van der Waals surface area contributed by atoms with Gasteiger partial charge in [-0.1, -0.05) is 17.7 Å². The van der Waals surface area contributed by atoms with E-state index in [9.17, 15) is 9.59 Å². The maximum absolute atomic E-state index is 10.9. The number of amides is 2. The van der Waals surface area contributed by atoms with Crippen LogP contribution in [0.4, 0.5) is 0 Å². The van der Waals surface area contributed by atoms with Crippen molar-refractivity contribution in [3.8, 4) is 0 Å². The van der Waals surface area contributed by atoms with E-state index in [0.29, 0.717) is 17.1 Å². The second-order valence-electron chi connectivity index (χ2n) is 3.68. The van der Waals surface area contributed by atoms with Crippen LogP contribution in [-0.4, -0.2) is 17.9 Å². The van der Waals surface area contributed by atoms with Crippen molar-refractivity contribution in [2.24, 2.45) is 11.5 Å². The van der Waals surface area contributed by atoms with E-state index in [0.717, 1.165) is 5.56 Å². The molecule has 1 atom stereocenters. The Morgan fingerprint density at radius 1 is 1.41 bits per heavy atom. The van der Waals surface area contributed by atoms with E-state index in [4.69, 9.17) is 23.1 Å². The second kappa shape index (κ2) is 5.65. The predicted octanol–water partition coefficient (Wildman–Crippen LogP) is 0.402. The average molecular weight is 256 g/mol. The minimum Gasteiger partial charge on any atom is -0.368 e. The fourth-order valence-corrected chi connectivity index (χ4v) is 1.45. The van der Waals surface area contributed by atoms with Gasteiger partial charge < -0.3 is 16.8 Å². The van der Waals surface area contributed by atoms with Crippen molar-refractivity contribution in [3.05, 3.63) is 34.3 Å². The molecule has 0 bridgehead atoms. The topological polar surface area (TPSA) is 98.2 Å². The maximum Gasteiger partial charge on any atom is 0.248 e. The summed E-state index contributed by atoms with van der Waals surface area (Å²) in [4.78, 5) is 21.7. The summed E-state index contributed by atoms with van der Waals surface area (Å²) < 4.78 is 0. The van der Waals surface area contributed by atoms with Gasteiger partial charge in [0.2, 0.25) is 11.8 Å². The number of carbonyl (C=O) groups is 2. The lowest BCUT2D eigenvalue weighted by molar-refractivity contribution is -0.119. The predicted molar refractivity (Wildman–Crippen MR) is 65.5 cm³/mol. The second-order valence-corrected chi connectivity index (χ2v) is 4.08. The number of benzene rings is 1. The molecule has 0 aliphatic heterocycles. The lowest BCUT2D eigenvalue weighted by atomic mass is 10.1. The third kappa shape index (κ3) is 3.72. The molecular weight excluding hydrogens is 242 g/mol. The first kappa shape index (κ1) is 13.5. The molecule has 1 aromatic rings. The summed E-state index contributed by atoms with van der Waals surface area (Å²) in [7, 11) is 0. The van der Waals surface area contributed by atoms with Crippen LogP contribution >= 0.6 is 11.6 Å². The molecule has 5 nitrogen and oxygen atoms in total. The molecule has 17 heavy (non-hydrogen) atoms. The molecule has 0 heterocycles. The summed E-state index contributed by atoms with van der Waals surface area (Å²) in [6, 6.07) is 4.32. The van der Waals surface area contributed by atoms with Gasteiger partial charge in [-0.3, -0.25) is 9.59 Å². The molecule has 0 spiro atoms. The van der Waals surface area contributed by atoms with Gasteiger partial charge in [0.15, 0.2) is 0 Å². The van der Waals surface area contributed by atoms with E-state index in [1.54, 1.807) is 19.1 Å². The van der Waals surface area contributed by atoms with Gasteiger partial charge in [0.25, 0.3) is 0 Å². The largest absolute Gasteiger partial charge is 0.368 e. The molecule has 5 N–H and O–H groups in total. The molecule has 1 aromatic carbocycles. The zero-order chi connectivity index (χ0) is 13.0. The first-order valence-corrected chi connectivity index (χ1v) is 5.40. The van der Waals surface area contributed by atoms with Crippen molar-refractivity contribution < 1.29 is 9.59 Å². The molecule has 0 fully saturated rings. The molecule has 1 unspecified atom stereocenters. The average Bonchev–Trinajstić information content (AvgIpc) is 2.26. The summed E-state index contributed by atoms with van der Waals surface area (Å²) in [6.07, 6.45) is 0. The van der Waals surface area contributed by atoms with Gasteiger partial charge in [0.1, 0.15) is 0 Å². The summed E-state index contributed by atoms with van der Waals surface area (Å²) in [5.41, 5.74) is 11.3. The summed E-state index contributed by atoms with van der Waals surface area (Å²) in [5.74, 6) is -0.966. The number of hydrogen-bond donors (Lipinski definition) is 3.